The molecule has 1 aliphatic carbocycles. The van der Waals surface area contributed by atoms with Gasteiger partial charge in [0.15, 0.2) is 0 Å². The van der Waals surface area contributed by atoms with Crippen molar-refractivity contribution in [3.8, 4) is 0 Å². The topological polar surface area (TPSA) is 81.1 Å². The van der Waals surface area contributed by atoms with Crippen molar-refractivity contribution in [2.75, 3.05) is 13.1 Å². The van der Waals surface area contributed by atoms with Gasteiger partial charge in [0, 0.05) is 18.5 Å². The SMILES string of the molecule is CC(C)(O)C1(C)[C@]2(C)C(=O)N3CCCN4C(=O)[C@@]1(C)C2(C)C34O. The fourth-order valence-electron chi connectivity index (χ4n) is 7.10. The van der Waals surface area contributed by atoms with Crippen LogP contribution in [0.15, 0.2) is 0 Å². The Morgan fingerprint density at radius 2 is 1.35 bits per heavy atom. The average Bonchev–Trinajstić information content (AvgIpc) is 2.68. The van der Waals surface area contributed by atoms with E-state index in [2.05, 4.69) is 0 Å². The van der Waals surface area contributed by atoms with E-state index in [0.717, 1.165) is 0 Å². The number of carbonyl (C=O) groups excluding carboxylic acids is 2. The van der Waals surface area contributed by atoms with E-state index in [0.29, 0.717) is 19.5 Å². The number of nitrogens with zero attached hydrogens (tertiary/aromatic N) is 2. The Balaban J connectivity index is 2.12. The average molecular weight is 322 g/mol. The highest BCUT2D eigenvalue weighted by Gasteiger charge is 3.01. The van der Waals surface area contributed by atoms with Crippen LogP contribution in [0.4, 0.5) is 0 Å². The second-order valence-corrected chi connectivity index (χ2v) is 8.96. The van der Waals surface area contributed by atoms with Crippen molar-refractivity contribution in [2.24, 2.45) is 21.7 Å². The van der Waals surface area contributed by atoms with Gasteiger partial charge in [-0.05, 0) is 34.1 Å². The fraction of sp³-hybridized carbons (Fsp3) is 0.882. The minimum atomic E-state index is -1.58. The molecule has 3 heterocycles. The summed E-state index contributed by atoms with van der Waals surface area (Å²) >= 11 is 0. The minimum Gasteiger partial charge on any atom is -0.390 e. The van der Waals surface area contributed by atoms with Crippen LogP contribution in [-0.4, -0.2) is 56.4 Å². The van der Waals surface area contributed by atoms with Crippen LogP contribution in [0.5, 0.6) is 0 Å². The lowest BCUT2D eigenvalue weighted by Gasteiger charge is -2.75. The first-order valence-electron chi connectivity index (χ1n) is 8.38. The van der Waals surface area contributed by atoms with E-state index >= 15 is 0 Å². The van der Waals surface area contributed by atoms with Gasteiger partial charge in [-0.15, -0.1) is 0 Å². The molecule has 0 radical (unpaired) electrons. The highest BCUT2D eigenvalue weighted by Crippen LogP contribution is 2.90. The largest absolute Gasteiger partial charge is 0.390 e. The Morgan fingerprint density at radius 3 is 1.70 bits per heavy atom. The van der Waals surface area contributed by atoms with Crippen molar-refractivity contribution in [1.82, 2.24) is 9.80 Å². The van der Waals surface area contributed by atoms with Gasteiger partial charge in [-0.2, -0.15) is 0 Å². The number of aliphatic hydroxyl groups is 2. The minimum absolute atomic E-state index is 0.151. The van der Waals surface area contributed by atoms with E-state index in [9.17, 15) is 19.8 Å². The second-order valence-electron chi connectivity index (χ2n) is 8.96. The van der Waals surface area contributed by atoms with Crippen LogP contribution in [-0.2, 0) is 9.59 Å². The van der Waals surface area contributed by atoms with Crippen LogP contribution in [0.3, 0.4) is 0 Å². The Hall–Kier alpha value is -1.14. The third kappa shape index (κ3) is 0.899. The molecular weight excluding hydrogens is 296 g/mol. The molecule has 128 valence electrons. The molecule has 23 heavy (non-hydrogen) atoms. The van der Waals surface area contributed by atoms with Gasteiger partial charge in [-0.3, -0.25) is 19.4 Å². The first kappa shape index (κ1) is 15.4. The Kier molecular flexibility index (Phi) is 2.21. The molecule has 2 amide bonds. The first-order chi connectivity index (χ1) is 10.3. The van der Waals surface area contributed by atoms with Crippen LogP contribution >= 0.6 is 0 Å². The molecule has 2 N–H and O–H groups in total. The van der Waals surface area contributed by atoms with Gasteiger partial charge in [0.2, 0.25) is 17.7 Å². The van der Waals surface area contributed by atoms with Crippen molar-refractivity contribution in [1.29, 1.82) is 0 Å². The summed E-state index contributed by atoms with van der Waals surface area (Å²) in [4.78, 5) is 29.6. The smallest absolute Gasteiger partial charge is 0.233 e. The summed E-state index contributed by atoms with van der Waals surface area (Å²) in [6, 6.07) is 0. The lowest BCUT2D eigenvalue weighted by Crippen LogP contribution is -2.82. The van der Waals surface area contributed by atoms with Gasteiger partial charge < -0.3 is 10.2 Å². The van der Waals surface area contributed by atoms with Crippen molar-refractivity contribution in [3.05, 3.63) is 0 Å². The number of carbonyl (C=O) groups is 2. The zero-order valence-electron chi connectivity index (χ0n) is 14.7. The molecule has 0 spiro atoms. The molecule has 4 aliphatic rings. The number of amides is 2. The first-order valence-corrected chi connectivity index (χ1v) is 8.38. The number of hydrogen-bond acceptors (Lipinski definition) is 4. The lowest BCUT2D eigenvalue weighted by atomic mass is 9.24. The van der Waals surface area contributed by atoms with Gasteiger partial charge in [0.1, 0.15) is 0 Å². The van der Waals surface area contributed by atoms with Crippen molar-refractivity contribution < 1.29 is 19.8 Å². The predicted octanol–water partition coefficient (Wildman–Crippen LogP) is 0.530. The lowest BCUT2D eigenvalue weighted by molar-refractivity contribution is -0.360. The van der Waals surface area contributed by atoms with Crippen LogP contribution in [0.25, 0.3) is 0 Å². The highest BCUT2D eigenvalue weighted by atomic mass is 16.4. The molecule has 4 fully saturated rings. The van der Waals surface area contributed by atoms with E-state index in [1.165, 1.54) is 9.80 Å². The molecule has 0 aromatic heterocycles. The Labute approximate surface area is 136 Å². The summed E-state index contributed by atoms with van der Waals surface area (Å²) in [7, 11) is 0. The van der Waals surface area contributed by atoms with Crippen LogP contribution in [0.2, 0.25) is 0 Å². The molecule has 0 bridgehead atoms. The van der Waals surface area contributed by atoms with Crippen LogP contribution in [0.1, 0.15) is 48.0 Å². The molecule has 4 rings (SSSR count). The van der Waals surface area contributed by atoms with Crippen molar-refractivity contribution >= 4 is 11.8 Å². The molecule has 0 aromatic rings. The predicted molar refractivity (Wildman–Crippen MR) is 81.7 cm³/mol. The molecule has 3 aliphatic heterocycles. The monoisotopic (exact) mass is 322 g/mol. The molecule has 6 heteroatoms. The third-order valence-corrected chi connectivity index (χ3v) is 8.76. The normalized spacial score (nSPS) is 54.4. The third-order valence-electron chi connectivity index (χ3n) is 8.76. The van der Waals surface area contributed by atoms with E-state index in [1.807, 2.05) is 27.7 Å². The van der Waals surface area contributed by atoms with Gasteiger partial charge in [0.05, 0.1) is 21.8 Å². The molecule has 3 saturated heterocycles. The standard InChI is InChI=1S/C17H26N2O4/c1-12(2,22)15(5)13(3)10(20)18-8-7-9-19-11(21)14(15,4)16(13,6)17(18,19)23/h22-23H,7-9H2,1-6H3/t13-,14+,15?,16?,17?. The zero-order chi connectivity index (χ0) is 17.4. The molecule has 0 aromatic carbocycles. The van der Waals surface area contributed by atoms with E-state index in [-0.39, 0.29) is 11.8 Å². The summed E-state index contributed by atoms with van der Waals surface area (Å²) in [6.45, 7) is 11.6. The Morgan fingerprint density at radius 1 is 0.957 bits per heavy atom. The molecular formula is C17H26N2O4. The number of rotatable bonds is 1. The van der Waals surface area contributed by atoms with Gasteiger partial charge in [0.25, 0.3) is 0 Å². The molecule has 3 unspecified atom stereocenters. The summed E-state index contributed by atoms with van der Waals surface area (Å²) < 4.78 is 0. The maximum absolute atomic E-state index is 13.3. The summed E-state index contributed by atoms with van der Waals surface area (Å²) in [6.07, 6.45) is 0.668. The Bertz CT molecular complexity index is 628. The molecule has 5 atom stereocenters. The number of hydrogen-bond donors (Lipinski definition) is 2. The molecule has 1 saturated carbocycles. The maximum atomic E-state index is 13.3. The van der Waals surface area contributed by atoms with Gasteiger partial charge >= 0.3 is 0 Å². The summed E-state index contributed by atoms with van der Waals surface area (Å²) in [5, 5.41) is 22.5. The fourth-order valence-corrected chi connectivity index (χ4v) is 7.10. The summed E-state index contributed by atoms with van der Waals surface area (Å²) in [5.74, 6) is -1.88. The van der Waals surface area contributed by atoms with E-state index < -0.39 is 33.1 Å². The van der Waals surface area contributed by atoms with Gasteiger partial charge in [-0.1, -0.05) is 13.8 Å². The van der Waals surface area contributed by atoms with Crippen molar-refractivity contribution in [3.63, 3.8) is 0 Å². The van der Waals surface area contributed by atoms with Crippen LogP contribution in [0, 0.1) is 21.7 Å². The van der Waals surface area contributed by atoms with Crippen molar-refractivity contribution in [2.45, 2.75) is 59.4 Å². The zero-order valence-corrected chi connectivity index (χ0v) is 14.7. The molecule has 6 nitrogen and oxygen atoms in total. The summed E-state index contributed by atoms with van der Waals surface area (Å²) in [5.41, 5.74) is -5.17. The van der Waals surface area contributed by atoms with E-state index in [1.54, 1.807) is 13.8 Å². The van der Waals surface area contributed by atoms with Gasteiger partial charge in [-0.25, -0.2) is 0 Å². The highest BCUT2D eigenvalue weighted by molar-refractivity contribution is 6.02. The quantitative estimate of drug-likeness (QED) is 0.738. The maximum Gasteiger partial charge on any atom is 0.233 e. The second kappa shape index (κ2) is 3.31. The van der Waals surface area contributed by atoms with Crippen LogP contribution < -0.4 is 0 Å². The van der Waals surface area contributed by atoms with E-state index in [4.69, 9.17) is 0 Å².